The maximum atomic E-state index is 15.4. The molecule has 0 spiro atoms. The molecule has 4 heteroatoms. The highest BCUT2D eigenvalue weighted by atomic mass is 31.2. The van der Waals surface area contributed by atoms with Crippen molar-refractivity contribution in [1.29, 1.82) is 0 Å². The van der Waals surface area contributed by atoms with Gasteiger partial charge in [-0.05, 0) is 24.0 Å². The summed E-state index contributed by atoms with van der Waals surface area (Å²) in [5, 5.41) is 13.4. The van der Waals surface area contributed by atoms with Crippen molar-refractivity contribution in [1.82, 2.24) is 0 Å². The molecule has 0 saturated heterocycles. The molecule has 0 heterocycles. The summed E-state index contributed by atoms with van der Waals surface area (Å²) in [7, 11) is -3.27. The zero-order valence-electron chi connectivity index (χ0n) is 21.5. The van der Waals surface area contributed by atoms with E-state index in [0.29, 0.717) is 13.0 Å². The summed E-state index contributed by atoms with van der Waals surface area (Å²) >= 11 is 0. The Hall–Kier alpha value is -2.97. The normalized spacial score (nSPS) is 14.1. The zero-order valence-corrected chi connectivity index (χ0v) is 22.4. The van der Waals surface area contributed by atoms with Crippen LogP contribution >= 0.6 is 7.14 Å². The lowest BCUT2D eigenvalue weighted by molar-refractivity contribution is 0.0185. The van der Waals surface area contributed by atoms with Crippen molar-refractivity contribution in [3.63, 3.8) is 0 Å². The summed E-state index contributed by atoms with van der Waals surface area (Å²) < 4.78 is 21.9. The van der Waals surface area contributed by atoms with Crippen molar-refractivity contribution in [2.75, 3.05) is 0 Å². The van der Waals surface area contributed by atoms with Crippen molar-refractivity contribution < 1.29 is 14.4 Å². The van der Waals surface area contributed by atoms with Crippen LogP contribution in [0.2, 0.25) is 0 Å². The molecule has 0 unspecified atom stereocenters. The van der Waals surface area contributed by atoms with Crippen LogP contribution in [0.1, 0.15) is 49.8 Å². The fraction of sp³-hybridized carbons (Fsp3) is 0.273. The van der Waals surface area contributed by atoms with Crippen molar-refractivity contribution in [2.45, 2.75) is 57.1 Å². The highest BCUT2D eigenvalue weighted by Crippen LogP contribution is 2.55. The molecule has 4 aromatic carbocycles. The van der Waals surface area contributed by atoms with Gasteiger partial charge in [0, 0.05) is 10.6 Å². The smallest absolute Gasteiger partial charge is 0.149 e. The van der Waals surface area contributed by atoms with E-state index in [0.717, 1.165) is 41.0 Å². The van der Waals surface area contributed by atoms with Gasteiger partial charge in [0.25, 0.3) is 0 Å². The van der Waals surface area contributed by atoms with Crippen LogP contribution in [0, 0.1) is 0 Å². The lowest BCUT2D eigenvalue weighted by Crippen LogP contribution is -2.34. The molecule has 0 bridgehead atoms. The van der Waals surface area contributed by atoms with E-state index in [1.165, 1.54) is 0 Å². The Balaban J connectivity index is 1.76. The summed E-state index contributed by atoms with van der Waals surface area (Å²) in [5.41, 5.74) is 1.34. The van der Waals surface area contributed by atoms with Crippen LogP contribution in [0.25, 0.3) is 0 Å². The number of benzene rings is 4. The number of hydrogen-bond acceptors (Lipinski definition) is 3. The average molecular weight is 513 g/mol. The van der Waals surface area contributed by atoms with Crippen LogP contribution in [-0.2, 0) is 15.9 Å². The first-order chi connectivity index (χ1) is 18.1. The Morgan fingerprint density at radius 2 is 1.22 bits per heavy atom. The SMILES string of the molecule is CCCC[C@H](C[C@H]([C@H](O)c1ccccc1)P(=O)(c1ccccc1)c1ccccc1)OCc1ccccc1. The first-order valence-electron chi connectivity index (χ1n) is 13.2. The predicted molar refractivity (Wildman–Crippen MR) is 154 cm³/mol. The molecule has 4 aromatic rings. The largest absolute Gasteiger partial charge is 0.388 e. The summed E-state index contributed by atoms with van der Waals surface area (Å²) in [5.74, 6) is 0. The van der Waals surface area contributed by atoms with Gasteiger partial charge in [-0.3, -0.25) is 0 Å². The minimum atomic E-state index is -3.27. The van der Waals surface area contributed by atoms with Gasteiger partial charge in [0.05, 0.1) is 24.5 Å². The van der Waals surface area contributed by atoms with Crippen LogP contribution in [-0.4, -0.2) is 16.9 Å². The maximum absolute atomic E-state index is 15.4. The second kappa shape index (κ2) is 13.5. The molecule has 0 aliphatic heterocycles. The minimum absolute atomic E-state index is 0.135. The zero-order chi connectivity index (χ0) is 25.9. The van der Waals surface area contributed by atoms with E-state index in [2.05, 4.69) is 19.1 Å². The van der Waals surface area contributed by atoms with E-state index < -0.39 is 18.9 Å². The predicted octanol–water partition coefficient (Wildman–Crippen LogP) is 7.27. The van der Waals surface area contributed by atoms with E-state index in [4.69, 9.17) is 4.74 Å². The molecule has 0 amide bonds. The molecule has 3 nitrogen and oxygen atoms in total. The fourth-order valence-electron chi connectivity index (χ4n) is 4.94. The van der Waals surface area contributed by atoms with Crippen molar-refractivity contribution in [3.05, 3.63) is 132 Å². The topological polar surface area (TPSA) is 46.5 Å². The first-order valence-corrected chi connectivity index (χ1v) is 15.0. The van der Waals surface area contributed by atoms with E-state index in [1.54, 1.807) is 0 Å². The summed E-state index contributed by atoms with van der Waals surface area (Å²) in [6.07, 6.45) is 2.36. The molecule has 3 atom stereocenters. The molecular weight excluding hydrogens is 475 g/mol. The Bertz CT molecular complexity index is 1190. The molecule has 0 aromatic heterocycles. The standard InChI is InChI=1S/C33H37O3P/c1-2-3-20-29(36-26-27-16-8-4-9-17-27)25-32(33(34)28-18-10-5-11-19-28)37(35,30-21-12-6-13-22-30)31-23-14-7-15-24-31/h4-19,21-24,29,32-34H,2-3,20,25-26H2,1H3/t29-,32-,33-/m1/s1. The van der Waals surface area contributed by atoms with Gasteiger partial charge in [-0.1, -0.05) is 141 Å². The maximum Gasteiger partial charge on any atom is 0.149 e. The molecule has 0 aliphatic rings. The minimum Gasteiger partial charge on any atom is -0.388 e. The van der Waals surface area contributed by atoms with E-state index >= 15 is 4.57 Å². The van der Waals surface area contributed by atoms with E-state index in [9.17, 15) is 5.11 Å². The van der Waals surface area contributed by atoms with Crippen molar-refractivity contribution in [3.8, 4) is 0 Å². The van der Waals surface area contributed by atoms with Gasteiger partial charge in [0.2, 0.25) is 0 Å². The van der Waals surface area contributed by atoms with Crippen LogP contribution < -0.4 is 10.6 Å². The monoisotopic (exact) mass is 512 g/mol. The Morgan fingerprint density at radius 3 is 1.73 bits per heavy atom. The number of aliphatic hydroxyl groups is 1. The van der Waals surface area contributed by atoms with Gasteiger partial charge < -0.3 is 14.4 Å². The molecule has 192 valence electrons. The van der Waals surface area contributed by atoms with Gasteiger partial charge in [0.15, 0.2) is 0 Å². The molecule has 0 saturated carbocycles. The molecular formula is C33H37O3P. The second-order valence-electron chi connectivity index (χ2n) is 9.55. The number of aliphatic hydroxyl groups excluding tert-OH is 1. The summed E-state index contributed by atoms with van der Waals surface area (Å²) in [6.45, 7) is 2.66. The third-order valence-corrected chi connectivity index (χ3v) is 10.5. The fourth-order valence-corrected chi connectivity index (χ4v) is 8.33. The second-order valence-corrected chi connectivity index (χ2v) is 12.6. The number of rotatable bonds is 13. The molecule has 0 radical (unpaired) electrons. The Labute approximate surface area is 221 Å². The lowest BCUT2D eigenvalue weighted by Gasteiger charge is -2.35. The van der Waals surface area contributed by atoms with Gasteiger partial charge in [-0.15, -0.1) is 0 Å². The van der Waals surface area contributed by atoms with Crippen molar-refractivity contribution >= 4 is 17.8 Å². The number of ether oxygens (including phenoxy) is 1. The van der Waals surface area contributed by atoms with Crippen molar-refractivity contribution in [2.24, 2.45) is 0 Å². The van der Waals surface area contributed by atoms with E-state index in [1.807, 2.05) is 109 Å². The molecule has 0 fully saturated rings. The number of hydrogen-bond donors (Lipinski definition) is 1. The molecule has 37 heavy (non-hydrogen) atoms. The van der Waals surface area contributed by atoms with Crippen LogP contribution in [0.4, 0.5) is 0 Å². The first kappa shape index (κ1) is 27.1. The Kier molecular flexibility index (Phi) is 9.91. The van der Waals surface area contributed by atoms with Gasteiger partial charge in [-0.2, -0.15) is 0 Å². The average Bonchev–Trinajstić information content (AvgIpc) is 2.98. The van der Waals surface area contributed by atoms with Gasteiger partial charge in [-0.25, -0.2) is 0 Å². The highest BCUT2D eigenvalue weighted by Gasteiger charge is 2.42. The quantitative estimate of drug-likeness (QED) is 0.192. The third-order valence-electron chi connectivity index (χ3n) is 6.96. The Morgan fingerprint density at radius 1 is 0.730 bits per heavy atom. The summed E-state index contributed by atoms with van der Waals surface area (Å²) in [6, 6.07) is 39.1. The molecule has 0 aliphatic carbocycles. The highest BCUT2D eigenvalue weighted by molar-refractivity contribution is 7.79. The molecule has 1 N–H and O–H groups in total. The van der Waals surface area contributed by atoms with Crippen LogP contribution in [0.5, 0.6) is 0 Å². The van der Waals surface area contributed by atoms with E-state index in [-0.39, 0.29) is 6.10 Å². The molecule has 4 rings (SSSR count). The summed E-state index contributed by atoms with van der Waals surface area (Å²) in [4.78, 5) is 0. The van der Waals surface area contributed by atoms with Crippen LogP contribution in [0.3, 0.4) is 0 Å². The van der Waals surface area contributed by atoms with Gasteiger partial charge >= 0.3 is 0 Å². The van der Waals surface area contributed by atoms with Gasteiger partial charge in [0.1, 0.15) is 7.14 Å². The third kappa shape index (κ3) is 6.87. The number of unbranched alkanes of at least 4 members (excludes halogenated alkanes) is 1. The van der Waals surface area contributed by atoms with Crippen LogP contribution in [0.15, 0.2) is 121 Å². The lowest BCUT2D eigenvalue weighted by atomic mass is 9.99.